The molecular formula is C13H19F2N3O2S. The maximum atomic E-state index is 13.9. The second-order valence-electron chi connectivity index (χ2n) is 5.02. The average molecular weight is 319 g/mol. The maximum Gasteiger partial charge on any atom is 0.246 e. The van der Waals surface area contributed by atoms with Crippen LogP contribution in [0.25, 0.3) is 0 Å². The van der Waals surface area contributed by atoms with E-state index in [9.17, 15) is 17.2 Å². The van der Waals surface area contributed by atoms with E-state index in [1.807, 2.05) is 0 Å². The summed E-state index contributed by atoms with van der Waals surface area (Å²) < 4.78 is 53.1. The van der Waals surface area contributed by atoms with Gasteiger partial charge in [0.05, 0.1) is 0 Å². The van der Waals surface area contributed by atoms with Crippen molar-refractivity contribution in [3.05, 3.63) is 23.8 Å². The van der Waals surface area contributed by atoms with Gasteiger partial charge in [-0.2, -0.15) is 4.31 Å². The number of nitrogens with zero attached hydrogens (tertiary/aromatic N) is 2. The van der Waals surface area contributed by atoms with Crippen LogP contribution in [0.4, 0.5) is 14.5 Å². The molecule has 1 saturated heterocycles. The summed E-state index contributed by atoms with van der Waals surface area (Å²) in [5.41, 5.74) is 4.47. The van der Waals surface area contributed by atoms with Gasteiger partial charge in [0.2, 0.25) is 10.0 Å². The summed E-state index contributed by atoms with van der Waals surface area (Å²) in [5, 5.41) is 0. The normalized spacial score (nSPS) is 18.0. The molecule has 0 amide bonds. The SMILES string of the molecule is CCCN1CCN(S(=O)(=O)c2ccc(F)c(N)c2F)CC1. The van der Waals surface area contributed by atoms with E-state index >= 15 is 0 Å². The molecule has 2 N–H and O–H groups in total. The second kappa shape index (κ2) is 6.25. The minimum atomic E-state index is -3.99. The molecule has 1 heterocycles. The monoisotopic (exact) mass is 319 g/mol. The Morgan fingerprint density at radius 1 is 1.19 bits per heavy atom. The minimum absolute atomic E-state index is 0.291. The second-order valence-corrected chi connectivity index (χ2v) is 6.93. The van der Waals surface area contributed by atoms with Crippen LogP contribution >= 0.6 is 0 Å². The van der Waals surface area contributed by atoms with Crippen LogP contribution in [0.2, 0.25) is 0 Å². The Labute approximate surface area is 123 Å². The van der Waals surface area contributed by atoms with Crippen molar-refractivity contribution in [3.8, 4) is 0 Å². The number of hydrogen-bond acceptors (Lipinski definition) is 4. The average Bonchev–Trinajstić information content (AvgIpc) is 2.45. The summed E-state index contributed by atoms with van der Waals surface area (Å²) >= 11 is 0. The van der Waals surface area contributed by atoms with Crippen LogP contribution < -0.4 is 5.73 Å². The third-order valence-corrected chi connectivity index (χ3v) is 5.50. The highest BCUT2D eigenvalue weighted by Crippen LogP contribution is 2.26. The number of nitrogens with two attached hydrogens (primary N) is 1. The molecule has 1 aliphatic heterocycles. The van der Waals surface area contributed by atoms with Gasteiger partial charge in [0.15, 0.2) is 5.82 Å². The molecule has 0 radical (unpaired) electrons. The van der Waals surface area contributed by atoms with Gasteiger partial charge in [-0.15, -0.1) is 0 Å². The van der Waals surface area contributed by atoms with E-state index in [1.165, 1.54) is 4.31 Å². The number of hydrogen-bond donors (Lipinski definition) is 1. The Morgan fingerprint density at radius 2 is 1.81 bits per heavy atom. The molecule has 8 heteroatoms. The largest absolute Gasteiger partial charge is 0.394 e. The van der Waals surface area contributed by atoms with E-state index in [-0.39, 0.29) is 0 Å². The number of piperazine rings is 1. The molecule has 0 atom stereocenters. The van der Waals surface area contributed by atoms with Gasteiger partial charge in [0, 0.05) is 26.2 Å². The maximum absolute atomic E-state index is 13.9. The lowest BCUT2D eigenvalue weighted by atomic mass is 10.3. The van der Waals surface area contributed by atoms with E-state index in [1.54, 1.807) is 0 Å². The Balaban J connectivity index is 2.22. The summed E-state index contributed by atoms with van der Waals surface area (Å²) in [6.45, 7) is 4.75. The Morgan fingerprint density at radius 3 is 2.38 bits per heavy atom. The van der Waals surface area contributed by atoms with Crippen LogP contribution in [-0.4, -0.2) is 50.3 Å². The molecule has 118 valence electrons. The first-order valence-corrected chi connectivity index (χ1v) is 8.28. The molecule has 0 unspecified atom stereocenters. The highest BCUT2D eigenvalue weighted by atomic mass is 32.2. The van der Waals surface area contributed by atoms with Gasteiger partial charge in [-0.3, -0.25) is 0 Å². The zero-order valence-electron chi connectivity index (χ0n) is 11.8. The first-order chi connectivity index (χ1) is 9.87. The predicted molar refractivity (Wildman–Crippen MR) is 76.3 cm³/mol. The first-order valence-electron chi connectivity index (χ1n) is 6.84. The van der Waals surface area contributed by atoms with Gasteiger partial charge in [-0.25, -0.2) is 17.2 Å². The first kappa shape index (κ1) is 16.1. The standard InChI is InChI=1S/C13H19F2N3O2S/c1-2-5-17-6-8-18(9-7-17)21(19,20)11-4-3-10(14)13(16)12(11)15/h3-4H,2,5-9,16H2,1H3. The Hall–Kier alpha value is -1.25. The molecule has 2 rings (SSSR count). The molecule has 1 aliphatic rings. The van der Waals surface area contributed by atoms with E-state index in [2.05, 4.69) is 11.8 Å². The van der Waals surface area contributed by atoms with Crippen LogP contribution in [0.5, 0.6) is 0 Å². The highest BCUT2D eigenvalue weighted by molar-refractivity contribution is 7.89. The van der Waals surface area contributed by atoms with Crippen LogP contribution in [0.3, 0.4) is 0 Å². The van der Waals surface area contributed by atoms with Gasteiger partial charge in [0.25, 0.3) is 0 Å². The van der Waals surface area contributed by atoms with Crippen molar-refractivity contribution in [1.29, 1.82) is 0 Å². The van der Waals surface area contributed by atoms with Crippen LogP contribution in [0, 0.1) is 11.6 Å². The van der Waals surface area contributed by atoms with Crippen LogP contribution in [-0.2, 0) is 10.0 Å². The predicted octanol–water partition coefficient (Wildman–Crippen LogP) is 1.26. The number of sulfonamides is 1. The van der Waals surface area contributed by atoms with E-state index < -0.39 is 32.2 Å². The smallest absolute Gasteiger partial charge is 0.246 e. The highest BCUT2D eigenvalue weighted by Gasteiger charge is 2.31. The zero-order chi connectivity index (χ0) is 15.6. The Kier molecular flexibility index (Phi) is 4.80. The summed E-state index contributed by atoms with van der Waals surface area (Å²) in [6, 6.07) is 1.80. The van der Waals surface area contributed by atoms with E-state index in [4.69, 9.17) is 5.73 Å². The molecule has 0 spiro atoms. The lowest BCUT2D eigenvalue weighted by Gasteiger charge is -2.33. The minimum Gasteiger partial charge on any atom is -0.394 e. The molecule has 0 saturated carbocycles. The summed E-state index contributed by atoms with van der Waals surface area (Å²) in [7, 11) is -3.99. The van der Waals surface area contributed by atoms with Gasteiger partial charge >= 0.3 is 0 Å². The number of rotatable bonds is 4. The zero-order valence-corrected chi connectivity index (χ0v) is 12.7. The molecule has 1 aromatic carbocycles. The third kappa shape index (κ3) is 3.17. The van der Waals surface area contributed by atoms with Gasteiger partial charge in [-0.05, 0) is 25.1 Å². The fraction of sp³-hybridized carbons (Fsp3) is 0.538. The van der Waals surface area contributed by atoms with Gasteiger partial charge in [0.1, 0.15) is 16.4 Å². The molecule has 5 nitrogen and oxygen atoms in total. The lowest BCUT2D eigenvalue weighted by Crippen LogP contribution is -2.48. The van der Waals surface area contributed by atoms with Crippen molar-refractivity contribution in [2.75, 3.05) is 38.5 Å². The van der Waals surface area contributed by atoms with Crippen molar-refractivity contribution < 1.29 is 17.2 Å². The van der Waals surface area contributed by atoms with Crippen molar-refractivity contribution in [2.24, 2.45) is 0 Å². The van der Waals surface area contributed by atoms with Crippen molar-refractivity contribution in [1.82, 2.24) is 9.21 Å². The molecule has 0 aliphatic carbocycles. The van der Waals surface area contributed by atoms with Crippen molar-refractivity contribution in [3.63, 3.8) is 0 Å². The molecule has 21 heavy (non-hydrogen) atoms. The third-order valence-electron chi connectivity index (χ3n) is 3.58. The summed E-state index contributed by atoms with van der Waals surface area (Å²) in [4.78, 5) is 1.59. The summed E-state index contributed by atoms with van der Waals surface area (Å²) in [5.74, 6) is -2.18. The number of halogens is 2. The molecular weight excluding hydrogens is 300 g/mol. The molecule has 0 bridgehead atoms. The lowest BCUT2D eigenvalue weighted by molar-refractivity contribution is 0.188. The molecule has 0 aromatic heterocycles. The fourth-order valence-electron chi connectivity index (χ4n) is 2.40. The van der Waals surface area contributed by atoms with Gasteiger partial charge < -0.3 is 10.6 Å². The summed E-state index contributed by atoms with van der Waals surface area (Å²) in [6.07, 6.45) is 0.996. The molecule has 1 fully saturated rings. The number of anilines is 1. The molecule has 1 aromatic rings. The van der Waals surface area contributed by atoms with Crippen LogP contribution in [0.1, 0.15) is 13.3 Å². The van der Waals surface area contributed by atoms with E-state index in [0.717, 1.165) is 25.1 Å². The van der Waals surface area contributed by atoms with E-state index in [0.29, 0.717) is 26.2 Å². The topological polar surface area (TPSA) is 66.6 Å². The van der Waals surface area contributed by atoms with Crippen molar-refractivity contribution in [2.45, 2.75) is 18.2 Å². The van der Waals surface area contributed by atoms with Crippen molar-refractivity contribution >= 4 is 15.7 Å². The van der Waals surface area contributed by atoms with Gasteiger partial charge in [-0.1, -0.05) is 6.92 Å². The fourth-order valence-corrected chi connectivity index (χ4v) is 3.90. The number of nitrogen functional groups attached to an aromatic ring is 1. The van der Waals surface area contributed by atoms with Crippen LogP contribution in [0.15, 0.2) is 17.0 Å². The Bertz CT molecular complexity index is 614. The number of benzene rings is 1. The quantitative estimate of drug-likeness (QED) is 0.849.